The Morgan fingerprint density at radius 2 is 2.27 bits per heavy atom. The molecule has 1 aliphatic carbocycles. The largest absolute Gasteiger partial charge is 0.358 e. The van der Waals surface area contributed by atoms with E-state index in [1.165, 1.54) is 21.9 Å². The average Bonchev–Trinajstić information content (AvgIpc) is 3.25. The van der Waals surface area contributed by atoms with Crippen molar-refractivity contribution < 1.29 is 4.79 Å². The van der Waals surface area contributed by atoms with E-state index in [1.54, 1.807) is 0 Å². The molecule has 0 atom stereocenters. The van der Waals surface area contributed by atoms with E-state index in [0.29, 0.717) is 23.2 Å². The number of aromatic nitrogens is 3. The van der Waals surface area contributed by atoms with Gasteiger partial charge in [-0.05, 0) is 19.3 Å². The molecule has 0 unspecified atom stereocenters. The maximum atomic E-state index is 12.0. The summed E-state index contributed by atoms with van der Waals surface area (Å²) >= 11 is 1.35. The summed E-state index contributed by atoms with van der Waals surface area (Å²) in [6.45, 7) is 3.18. The number of amides is 1. The van der Waals surface area contributed by atoms with Gasteiger partial charge < -0.3 is 10.6 Å². The average molecular weight is 321 g/mol. The zero-order valence-electron chi connectivity index (χ0n) is 12.5. The zero-order chi connectivity index (χ0) is 15.5. The number of carbonyl (C=O) groups excluding carboxylic acids is 1. The maximum Gasteiger partial charge on any atom is 0.275 e. The van der Waals surface area contributed by atoms with Crippen molar-refractivity contribution in [3.05, 3.63) is 22.1 Å². The molecule has 0 aromatic carbocycles. The minimum Gasteiger partial charge on any atom is -0.358 e. The molecule has 1 aliphatic rings. The number of aryl methyl sites for hydroxylation is 1. The topological polar surface area (TPSA) is 88.4 Å². The summed E-state index contributed by atoms with van der Waals surface area (Å²) in [7, 11) is 0. The fourth-order valence-corrected chi connectivity index (χ4v) is 3.01. The summed E-state index contributed by atoms with van der Waals surface area (Å²) < 4.78 is 1.31. The van der Waals surface area contributed by atoms with E-state index in [-0.39, 0.29) is 17.4 Å². The lowest BCUT2D eigenvalue weighted by Gasteiger charge is -2.04. The van der Waals surface area contributed by atoms with Crippen molar-refractivity contribution in [2.45, 2.75) is 32.6 Å². The molecule has 0 bridgehead atoms. The van der Waals surface area contributed by atoms with Crippen LogP contribution in [0.15, 0.2) is 10.9 Å². The minimum absolute atomic E-state index is 0.133. The molecule has 1 amide bonds. The summed E-state index contributed by atoms with van der Waals surface area (Å²) in [5.41, 5.74) is 0.652. The molecule has 8 heteroatoms. The Hall–Kier alpha value is -1.96. The Morgan fingerprint density at radius 3 is 3.00 bits per heavy atom. The summed E-state index contributed by atoms with van der Waals surface area (Å²) in [5.74, 6) is 0.357. The summed E-state index contributed by atoms with van der Waals surface area (Å²) in [6, 6.07) is 1.54. The van der Waals surface area contributed by atoms with Crippen LogP contribution in [0.2, 0.25) is 0 Å². The number of hydrogen-bond donors (Lipinski definition) is 2. The number of nitrogens with zero attached hydrogens (tertiary/aromatic N) is 3. The van der Waals surface area contributed by atoms with Gasteiger partial charge in [0.1, 0.15) is 0 Å². The molecule has 2 aromatic rings. The first kappa shape index (κ1) is 15.0. The lowest BCUT2D eigenvalue weighted by Crippen LogP contribution is -2.29. The molecular formula is C14H19N5O2S. The number of carbonyl (C=O) groups is 1. The Balaban J connectivity index is 1.60. The van der Waals surface area contributed by atoms with E-state index in [2.05, 4.69) is 27.6 Å². The Kier molecular flexibility index (Phi) is 4.37. The minimum atomic E-state index is -0.153. The van der Waals surface area contributed by atoms with Crippen molar-refractivity contribution in [2.24, 2.45) is 5.92 Å². The summed E-state index contributed by atoms with van der Waals surface area (Å²) in [6.07, 6.45) is 3.75. The monoisotopic (exact) mass is 321 g/mol. The highest BCUT2D eigenvalue weighted by atomic mass is 32.1. The van der Waals surface area contributed by atoms with Crippen LogP contribution in [0.3, 0.4) is 0 Å². The first-order chi connectivity index (χ1) is 10.7. The first-order valence-electron chi connectivity index (χ1n) is 7.58. The summed E-state index contributed by atoms with van der Waals surface area (Å²) in [4.78, 5) is 28.5. The smallest absolute Gasteiger partial charge is 0.275 e. The second kappa shape index (κ2) is 6.43. The first-order valence-corrected chi connectivity index (χ1v) is 8.40. The van der Waals surface area contributed by atoms with Gasteiger partial charge in [-0.2, -0.15) is 4.52 Å². The highest BCUT2D eigenvalue weighted by molar-refractivity contribution is 7.20. The van der Waals surface area contributed by atoms with Gasteiger partial charge in [0.25, 0.3) is 5.56 Å². The van der Waals surface area contributed by atoms with Gasteiger partial charge in [0.15, 0.2) is 0 Å². The van der Waals surface area contributed by atoms with Gasteiger partial charge in [-0.25, -0.2) is 4.98 Å². The molecule has 0 aliphatic heterocycles. The molecule has 0 saturated heterocycles. The van der Waals surface area contributed by atoms with Crippen LogP contribution in [0.1, 0.15) is 31.9 Å². The fourth-order valence-electron chi connectivity index (χ4n) is 2.16. The normalized spacial score (nSPS) is 14.2. The van der Waals surface area contributed by atoms with Crippen molar-refractivity contribution in [1.82, 2.24) is 19.9 Å². The fraction of sp³-hybridized carbons (Fsp3) is 0.571. The standard InChI is InChI=1S/C14H19N5O2S/c1-2-3-10-8-11(20)19-14(17-10)22-13(18-19)16-7-6-15-12(21)9-4-5-9/h8-9H,2-7H2,1H3,(H,15,21)(H,16,18). The predicted octanol–water partition coefficient (Wildman–Crippen LogP) is 1.04. The van der Waals surface area contributed by atoms with E-state index in [4.69, 9.17) is 0 Å². The van der Waals surface area contributed by atoms with Crippen molar-refractivity contribution in [2.75, 3.05) is 18.4 Å². The van der Waals surface area contributed by atoms with E-state index >= 15 is 0 Å². The van der Waals surface area contributed by atoms with Crippen molar-refractivity contribution in [3.63, 3.8) is 0 Å². The molecule has 1 saturated carbocycles. The van der Waals surface area contributed by atoms with Crippen LogP contribution in [0.25, 0.3) is 4.96 Å². The molecule has 7 nitrogen and oxygen atoms in total. The third kappa shape index (κ3) is 3.44. The van der Waals surface area contributed by atoms with Gasteiger partial charge in [0, 0.05) is 30.8 Å². The molecule has 2 aromatic heterocycles. The SMILES string of the molecule is CCCc1cc(=O)n2nc(NCCNC(=O)C3CC3)sc2n1. The molecule has 3 rings (SSSR count). The van der Waals surface area contributed by atoms with Crippen LogP contribution in [-0.4, -0.2) is 33.6 Å². The predicted molar refractivity (Wildman–Crippen MR) is 85.4 cm³/mol. The van der Waals surface area contributed by atoms with E-state index in [0.717, 1.165) is 31.4 Å². The quantitative estimate of drug-likeness (QED) is 0.744. The number of anilines is 1. The van der Waals surface area contributed by atoms with Gasteiger partial charge >= 0.3 is 0 Å². The van der Waals surface area contributed by atoms with Crippen molar-refractivity contribution >= 4 is 27.3 Å². The Morgan fingerprint density at radius 1 is 1.45 bits per heavy atom. The Labute approximate surface area is 131 Å². The van der Waals surface area contributed by atoms with Crippen molar-refractivity contribution in [1.29, 1.82) is 0 Å². The molecule has 2 N–H and O–H groups in total. The molecule has 0 radical (unpaired) electrons. The van der Waals surface area contributed by atoms with E-state index in [9.17, 15) is 9.59 Å². The van der Waals surface area contributed by atoms with Crippen LogP contribution in [0, 0.1) is 5.92 Å². The molecule has 118 valence electrons. The van der Waals surface area contributed by atoms with Crippen LogP contribution in [-0.2, 0) is 11.2 Å². The number of rotatable bonds is 7. The van der Waals surface area contributed by atoms with Gasteiger partial charge in [-0.15, -0.1) is 5.10 Å². The molecule has 2 heterocycles. The van der Waals surface area contributed by atoms with Crippen LogP contribution in [0.5, 0.6) is 0 Å². The summed E-state index contributed by atoms with van der Waals surface area (Å²) in [5, 5.41) is 10.8. The lowest BCUT2D eigenvalue weighted by molar-refractivity contribution is -0.122. The molecule has 0 spiro atoms. The van der Waals surface area contributed by atoms with Gasteiger partial charge in [0.2, 0.25) is 16.0 Å². The zero-order valence-corrected chi connectivity index (χ0v) is 13.3. The Bertz CT molecular complexity index is 734. The number of hydrogen-bond acceptors (Lipinski definition) is 6. The van der Waals surface area contributed by atoms with Gasteiger partial charge in [0.05, 0.1) is 0 Å². The highest BCUT2D eigenvalue weighted by Gasteiger charge is 2.28. The van der Waals surface area contributed by atoms with Crippen LogP contribution in [0.4, 0.5) is 5.13 Å². The molecule has 1 fully saturated rings. The van der Waals surface area contributed by atoms with E-state index < -0.39 is 0 Å². The third-order valence-electron chi connectivity index (χ3n) is 3.45. The van der Waals surface area contributed by atoms with Crippen LogP contribution < -0.4 is 16.2 Å². The molecular weight excluding hydrogens is 302 g/mol. The van der Waals surface area contributed by atoms with Gasteiger partial charge in [-0.1, -0.05) is 24.7 Å². The maximum absolute atomic E-state index is 12.0. The second-order valence-electron chi connectivity index (χ2n) is 5.43. The van der Waals surface area contributed by atoms with Crippen molar-refractivity contribution in [3.8, 4) is 0 Å². The van der Waals surface area contributed by atoms with Gasteiger partial charge in [-0.3, -0.25) is 9.59 Å². The second-order valence-corrected chi connectivity index (χ2v) is 6.39. The highest BCUT2D eigenvalue weighted by Crippen LogP contribution is 2.28. The van der Waals surface area contributed by atoms with E-state index in [1.807, 2.05) is 0 Å². The van der Waals surface area contributed by atoms with Crippen LogP contribution >= 0.6 is 11.3 Å². The number of nitrogens with one attached hydrogen (secondary N) is 2. The lowest BCUT2D eigenvalue weighted by atomic mass is 10.2. The number of fused-ring (bicyclic) bond motifs is 1. The molecule has 22 heavy (non-hydrogen) atoms. The third-order valence-corrected chi connectivity index (χ3v) is 4.32.